The lowest BCUT2D eigenvalue weighted by atomic mass is 10.0. The maximum Gasteiger partial charge on any atom is 0.297 e. The van der Waals surface area contributed by atoms with Crippen LogP contribution in [-0.2, 0) is 88.3 Å². The minimum atomic E-state index is -3.72. The van der Waals surface area contributed by atoms with Crippen LogP contribution < -0.4 is 20.4 Å². The van der Waals surface area contributed by atoms with Gasteiger partial charge in [0.25, 0.3) is 19.2 Å². The summed E-state index contributed by atoms with van der Waals surface area (Å²) < 4.78 is 110. The number of carbonyl (C=O) groups is 2. The van der Waals surface area contributed by atoms with Crippen LogP contribution in [0.15, 0.2) is 119 Å². The van der Waals surface area contributed by atoms with Crippen molar-refractivity contribution in [3.63, 3.8) is 0 Å². The Balaban J connectivity index is 0.000000361. The highest BCUT2D eigenvalue weighted by molar-refractivity contribution is 8.13. The number of rotatable bonds is 52. The fourth-order valence-corrected chi connectivity index (χ4v) is 15.7. The minimum Gasteiger partial charge on any atom is -0.394 e. The van der Waals surface area contributed by atoms with Crippen LogP contribution in [0.5, 0.6) is 0 Å². The van der Waals surface area contributed by atoms with E-state index in [1.165, 1.54) is 46.9 Å². The average molecular weight is 1860 g/mol. The molecule has 4 aromatic heterocycles. The monoisotopic (exact) mass is 1860 g/mol. The number of halogens is 3. The summed E-state index contributed by atoms with van der Waals surface area (Å²) in [6.07, 6.45) is 4.52. The van der Waals surface area contributed by atoms with E-state index in [9.17, 15) is 26.4 Å². The second-order valence-corrected chi connectivity index (χ2v) is 35.2. The summed E-state index contributed by atoms with van der Waals surface area (Å²) in [7, 11) is -2.18. The van der Waals surface area contributed by atoms with Crippen LogP contribution in [-0.4, -0.2) is 295 Å². The largest absolute Gasteiger partial charge is 0.394 e. The molecule has 0 amide bonds. The summed E-state index contributed by atoms with van der Waals surface area (Å²) >= 11 is 15.3. The normalized spacial score (nSPS) is 13.8. The Labute approximate surface area is 751 Å². The number of hydrogen-bond acceptors (Lipinski definition) is 34. The molecule has 32 nitrogen and oxygen atoms in total. The van der Waals surface area contributed by atoms with Gasteiger partial charge in [-0.25, -0.2) is 38.3 Å². The number of aliphatic hydroxyl groups is 2. The van der Waals surface area contributed by atoms with Crippen molar-refractivity contribution in [2.75, 3.05) is 225 Å². The van der Waals surface area contributed by atoms with Crippen molar-refractivity contribution in [1.29, 1.82) is 0 Å². The van der Waals surface area contributed by atoms with E-state index in [1.54, 1.807) is 48.8 Å². The minimum absolute atomic E-state index is 0.0180. The van der Waals surface area contributed by atoms with E-state index in [0.717, 1.165) is 110 Å². The maximum atomic E-state index is 13.1. The number of aromatic nitrogens is 6. The number of ketones is 2. The topological polar surface area (TPSA) is 368 Å². The van der Waals surface area contributed by atoms with Gasteiger partial charge in [-0.15, -0.1) is 0 Å². The van der Waals surface area contributed by atoms with Crippen LogP contribution in [0.2, 0.25) is 10.0 Å². The Morgan fingerprint density at radius 2 is 0.790 bits per heavy atom. The van der Waals surface area contributed by atoms with Crippen molar-refractivity contribution in [3.8, 4) is 0 Å². The molecule has 0 radical (unpaired) electrons. The highest BCUT2D eigenvalue weighted by atomic mass is 35.7. The number of piperazine rings is 2. The summed E-state index contributed by atoms with van der Waals surface area (Å²) in [6.45, 7) is 33.5. The zero-order chi connectivity index (χ0) is 89.5. The molecule has 39 heteroatoms. The quantitative estimate of drug-likeness (QED) is 0.0119. The molecule has 2 aliphatic heterocycles. The number of aliphatic hydroxyl groups excluding tert-OH is 2. The number of benzene rings is 4. The zero-order valence-electron chi connectivity index (χ0n) is 72.1. The number of nitrogens with one attached hydrogen (secondary N) is 2. The van der Waals surface area contributed by atoms with Gasteiger partial charge in [0.05, 0.1) is 177 Å². The molecule has 684 valence electrons. The maximum absolute atomic E-state index is 13.1. The highest BCUT2D eigenvalue weighted by Crippen LogP contribution is 2.31. The number of carbonyl (C=O) groups excluding carboxylic acids is 2. The third-order valence-corrected chi connectivity index (χ3v) is 24.0. The standard InChI is InChI=1S/C54H68Cl2N12O7S2.C16H26O6S.C8H18O5.C7H7ClO2S/c1-35-9-7-11-43(55)41(35)29-45(69)47-33-57-53(76-47)63-49-31-51(61-37(3)59-49)67-17-13-65(14-18-67)39(5)74-27-25-72-23-21-71-22-24-73-26-28-75-40(6)66-15-19-68(20-16-66)52-32-50(60-38(4)62-52)64-54-58-34-48(77-54)46(70)30-42-36(2)10-8-12-44(42)56;1-3-8-19-9-10-20-11-12-21-13-14-22-23(17,18)16-6-4-15(2)5-7-16;9-1-3-11-5-7-13-8-6-12-4-2-10;1-6-2-4-7(5-3-6)11(8,9)10/h7-12,31-34,39-40H,13-30H2,1-6H3,(H,57,59,61,63)(H,58,60,62,64);4-7H,3,8-14H2,1-2H3;9-10H,1-8H2;2-5H,1H3. The molecule has 4 aromatic carbocycles. The molecule has 0 aliphatic carbocycles. The van der Waals surface area contributed by atoms with Crippen molar-refractivity contribution >= 4 is 121 Å². The van der Waals surface area contributed by atoms with Crippen molar-refractivity contribution in [1.82, 2.24) is 39.7 Å². The molecular formula is C85H119Cl3N12O20S4. The molecule has 2 aliphatic rings. The van der Waals surface area contributed by atoms with E-state index in [4.69, 9.17) is 110 Å². The molecule has 2 fully saturated rings. The Bertz CT molecular complexity index is 4410. The van der Waals surface area contributed by atoms with Crippen LogP contribution in [0.4, 0.5) is 33.5 Å². The molecule has 124 heavy (non-hydrogen) atoms. The number of hydrogen-bond donors (Lipinski definition) is 4. The molecule has 2 saturated heterocycles. The van der Waals surface area contributed by atoms with Crippen LogP contribution in [0.3, 0.4) is 0 Å². The lowest BCUT2D eigenvalue weighted by Gasteiger charge is -2.38. The Morgan fingerprint density at radius 3 is 1.14 bits per heavy atom. The molecule has 8 aromatic rings. The summed E-state index contributed by atoms with van der Waals surface area (Å²) in [5.41, 5.74) is 5.65. The predicted molar refractivity (Wildman–Crippen MR) is 482 cm³/mol. The van der Waals surface area contributed by atoms with Gasteiger partial charge in [-0.05, 0) is 120 Å². The van der Waals surface area contributed by atoms with Crippen molar-refractivity contribution in [2.45, 2.75) is 104 Å². The van der Waals surface area contributed by atoms with Gasteiger partial charge in [-0.1, -0.05) is 112 Å². The lowest BCUT2D eigenvalue weighted by Crippen LogP contribution is -2.50. The molecular weight excluding hydrogens is 1740 g/mol. The molecule has 0 bridgehead atoms. The van der Waals surface area contributed by atoms with Crippen LogP contribution in [0.1, 0.15) is 91.6 Å². The number of nitrogens with zero attached hydrogens (tertiary/aromatic N) is 10. The van der Waals surface area contributed by atoms with E-state index < -0.39 is 19.2 Å². The molecule has 4 N–H and O–H groups in total. The third-order valence-electron chi connectivity index (χ3n) is 18.7. The predicted octanol–water partition coefficient (Wildman–Crippen LogP) is 11.9. The lowest BCUT2D eigenvalue weighted by molar-refractivity contribution is -0.0767. The van der Waals surface area contributed by atoms with Gasteiger partial charge in [-0.2, -0.15) is 8.42 Å². The summed E-state index contributed by atoms with van der Waals surface area (Å²) in [4.78, 5) is 64.2. The molecule has 2 unspecified atom stereocenters. The number of anilines is 6. The first-order chi connectivity index (χ1) is 59.7. The van der Waals surface area contributed by atoms with E-state index in [-0.39, 0.29) is 73.1 Å². The summed E-state index contributed by atoms with van der Waals surface area (Å²) in [6, 6.07) is 28.0. The van der Waals surface area contributed by atoms with Gasteiger partial charge in [0.15, 0.2) is 21.8 Å². The number of ether oxygens (including phenoxy) is 11. The van der Waals surface area contributed by atoms with E-state index in [2.05, 4.69) is 70.9 Å². The Hall–Kier alpha value is -7.03. The fourth-order valence-electron chi connectivity index (χ4n) is 11.9. The van der Waals surface area contributed by atoms with E-state index in [0.29, 0.717) is 172 Å². The Morgan fingerprint density at radius 1 is 0.452 bits per heavy atom. The second-order valence-electron chi connectivity index (χ2n) is 28.2. The second kappa shape index (κ2) is 57.7. The highest BCUT2D eigenvalue weighted by Gasteiger charge is 2.27. The van der Waals surface area contributed by atoms with Gasteiger partial charge < -0.3 is 82.8 Å². The van der Waals surface area contributed by atoms with E-state index in [1.807, 2.05) is 77.9 Å². The summed E-state index contributed by atoms with van der Waals surface area (Å²) in [5, 5.41) is 25.6. The van der Waals surface area contributed by atoms with E-state index >= 15 is 0 Å². The number of Topliss-reactive ketones (excluding diaryl/α,β-unsaturated/α-hetero) is 2. The van der Waals surface area contributed by atoms with Gasteiger partial charge in [-0.3, -0.25) is 23.6 Å². The van der Waals surface area contributed by atoms with Crippen LogP contribution in [0.25, 0.3) is 0 Å². The first kappa shape index (κ1) is 104. The molecule has 6 heterocycles. The molecule has 0 saturated carbocycles. The van der Waals surface area contributed by atoms with Crippen LogP contribution in [0, 0.1) is 41.5 Å². The van der Waals surface area contributed by atoms with Gasteiger partial charge in [0.1, 0.15) is 47.4 Å². The van der Waals surface area contributed by atoms with Crippen LogP contribution >= 0.6 is 56.6 Å². The Kier molecular flexibility index (Phi) is 48.4. The van der Waals surface area contributed by atoms with Crippen molar-refractivity contribution in [3.05, 3.63) is 174 Å². The zero-order valence-corrected chi connectivity index (χ0v) is 77.6. The van der Waals surface area contributed by atoms with Gasteiger partial charge in [0, 0.05) is 105 Å². The average Bonchev–Trinajstić information content (AvgIpc) is 1.52. The SMILES string of the molecule is CCCOCCOCCOCCOS(=O)(=O)c1ccc(C)cc1.Cc1ccc(S(=O)(=O)Cl)cc1.Cc1nc(Nc2ncc(C(=O)Cc3c(C)cccc3Cl)s2)cc(N2CCN(C(C)OCCOCCOCCOCCOC(C)N3CCN(c4cc(Nc5ncc(C(=O)Cc6c(C)cccc6Cl)s5)nc(C)n4)CC3)CC2)n1.OCCOCCOCCOCCO. The van der Waals surface area contributed by atoms with Crippen molar-refractivity contribution < 1.29 is 92.9 Å². The third kappa shape index (κ3) is 39.3. The first-order valence-electron chi connectivity index (χ1n) is 41.0. The fraction of sp³-hybridized carbons (Fsp3) is 0.529. The van der Waals surface area contributed by atoms with Gasteiger partial charge in [0.2, 0.25) is 0 Å². The smallest absolute Gasteiger partial charge is 0.297 e. The van der Waals surface area contributed by atoms with Gasteiger partial charge >= 0.3 is 0 Å². The van der Waals surface area contributed by atoms with Crippen molar-refractivity contribution in [2.24, 2.45) is 0 Å². The first-order valence-corrected chi connectivity index (χ1v) is 47.2. The molecule has 10 rings (SSSR count). The number of aryl methyl sites for hydroxylation is 6. The molecule has 0 spiro atoms. The molecule has 2 atom stereocenters. The number of thiazole rings is 2. The summed E-state index contributed by atoms with van der Waals surface area (Å²) in [5.74, 6) is 4.14.